The van der Waals surface area contributed by atoms with E-state index >= 15 is 0 Å². The molecule has 0 bridgehead atoms. The van der Waals surface area contributed by atoms with Crippen LogP contribution < -0.4 is 0 Å². The van der Waals surface area contributed by atoms with Gasteiger partial charge in [0.05, 0.1) is 6.61 Å². The van der Waals surface area contributed by atoms with Crippen molar-refractivity contribution in [2.75, 3.05) is 26.2 Å². The van der Waals surface area contributed by atoms with E-state index in [-0.39, 0.29) is 11.8 Å². The first-order valence-corrected chi connectivity index (χ1v) is 10.3. The van der Waals surface area contributed by atoms with Crippen LogP contribution in [0.3, 0.4) is 0 Å². The zero-order valence-electron chi connectivity index (χ0n) is 15.4. The Morgan fingerprint density at radius 3 is 2.63 bits per heavy atom. The SMILES string of the molecule is CC(C(=O)N1CCC2(CC1)OCCc1cc(C(=O)O)sc12)N1CCCC1=O. The summed E-state index contributed by atoms with van der Waals surface area (Å²) in [5.41, 5.74) is 0.592. The number of hydrogen-bond donors (Lipinski definition) is 1. The summed E-state index contributed by atoms with van der Waals surface area (Å²) in [6.45, 7) is 4.16. The summed E-state index contributed by atoms with van der Waals surface area (Å²) in [7, 11) is 0. The van der Waals surface area contributed by atoms with E-state index in [1.807, 2.05) is 11.8 Å². The summed E-state index contributed by atoms with van der Waals surface area (Å²) in [6, 6.07) is 1.35. The maximum atomic E-state index is 12.9. The van der Waals surface area contributed by atoms with Crippen LogP contribution in [0.4, 0.5) is 0 Å². The first kappa shape index (κ1) is 18.4. The van der Waals surface area contributed by atoms with Crippen molar-refractivity contribution < 1.29 is 24.2 Å². The number of fused-ring (bicyclic) bond motifs is 2. The van der Waals surface area contributed by atoms with Crippen LogP contribution in [-0.2, 0) is 26.3 Å². The highest BCUT2D eigenvalue weighted by Crippen LogP contribution is 2.45. The number of rotatable bonds is 3. The van der Waals surface area contributed by atoms with Gasteiger partial charge in [-0.15, -0.1) is 11.3 Å². The van der Waals surface area contributed by atoms with E-state index in [2.05, 4.69) is 0 Å². The molecule has 7 nitrogen and oxygen atoms in total. The Morgan fingerprint density at radius 1 is 1.26 bits per heavy atom. The molecule has 0 aromatic carbocycles. The minimum atomic E-state index is -0.902. The molecule has 0 aliphatic carbocycles. The van der Waals surface area contributed by atoms with E-state index in [1.165, 1.54) is 11.3 Å². The van der Waals surface area contributed by atoms with Gasteiger partial charge in [-0.1, -0.05) is 0 Å². The molecule has 2 saturated heterocycles. The lowest BCUT2D eigenvalue weighted by Crippen LogP contribution is -2.53. The van der Waals surface area contributed by atoms with Crippen molar-refractivity contribution in [3.05, 3.63) is 21.4 Å². The topological polar surface area (TPSA) is 87.2 Å². The summed E-state index contributed by atoms with van der Waals surface area (Å²) in [4.78, 5) is 41.0. The summed E-state index contributed by atoms with van der Waals surface area (Å²) in [5, 5.41) is 9.31. The monoisotopic (exact) mass is 392 g/mol. The number of piperidine rings is 1. The van der Waals surface area contributed by atoms with Crippen LogP contribution >= 0.6 is 11.3 Å². The Labute approximate surface area is 161 Å². The van der Waals surface area contributed by atoms with Gasteiger partial charge in [0, 0.05) is 30.9 Å². The number of carbonyl (C=O) groups is 3. The fourth-order valence-corrected chi connectivity index (χ4v) is 5.71. The van der Waals surface area contributed by atoms with Crippen molar-refractivity contribution in [1.82, 2.24) is 9.80 Å². The number of carboxylic acid groups (broad SMARTS) is 1. The molecule has 1 N–H and O–H groups in total. The first-order valence-electron chi connectivity index (χ1n) is 9.50. The van der Waals surface area contributed by atoms with E-state index < -0.39 is 17.6 Å². The van der Waals surface area contributed by atoms with E-state index in [9.17, 15) is 19.5 Å². The van der Waals surface area contributed by atoms with Crippen molar-refractivity contribution in [3.8, 4) is 0 Å². The number of thiophene rings is 1. The third-order valence-corrected chi connectivity index (χ3v) is 7.35. The summed E-state index contributed by atoms with van der Waals surface area (Å²) >= 11 is 1.30. The van der Waals surface area contributed by atoms with E-state index in [0.717, 1.165) is 23.3 Å². The van der Waals surface area contributed by atoms with Gasteiger partial charge >= 0.3 is 5.97 Å². The van der Waals surface area contributed by atoms with Gasteiger partial charge in [-0.05, 0) is 44.2 Å². The van der Waals surface area contributed by atoms with E-state index in [1.54, 1.807) is 11.0 Å². The van der Waals surface area contributed by atoms with Crippen LogP contribution in [0.5, 0.6) is 0 Å². The summed E-state index contributed by atoms with van der Waals surface area (Å²) < 4.78 is 6.15. The van der Waals surface area contributed by atoms with Gasteiger partial charge in [-0.3, -0.25) is 9.59 Å². The maximum absolute atomic E-state index is 12.9. The van der Waals surface area contributed by atoms with Gasteiger partial charge in [0.25, 0.3) is 0 Å². The molecule has 1 aromatic heterocycles. The van der Waals surface area contributed by atoms with Crippen LogP contribution in [0.15, 0.2) is 6.07 Å². The van der Waals surface area contributed by atoms with E-state index in [0.29, 0.717) is 50.4 Å². The van der Waals surface area contributed by atoms with Crippen LogP contribution in [0, 0.1) is 0 Å². The summed E-state index contributed by atoms with van der Waals surface area (Å²) in [5.74, 6) is -0.848. The first-order chi connectivity index (χ1) is 12.9. The molecule has 3 aliphatic rings. The zero-order valence-corrected chi connectivity index (χ0v) is 16.2. The van der Waals surface area contributed by atoms with Gasteiger partial charge in [-0.2, -0.15) is 0 Å². The van der Waals surface area contributed by atoms with Crippen molar-refractivity contribution in [2.24, 2.45) is 0 Å². The second-order valence-electron chi connectivity index (χ2n) is 7.55. The van der Waals surface area contributed by atoms with Crippen molar-refractivity contribution in [2.45, 2.75) is 50.7 Å². The molecule has 1 unspecified atom stereocenters. The fraction of sp³-hybridized carbons (Fsp3) is 0.632. The van der Waals surface area contributed by atoms with Crippen LogP contribution in [0.1, 0.15) is 52.7 Å². The molecular weight excluding hydrogens is 368 g/mol. The average Bonchev–Trinajstić information content (AvgIpc) is 3.28. The third-order valence-electron chi connectivity index (χ3n) is 6.00. The molecule has 0 saturated carbocycles. The predicted octanol–water partition coefficient (Wildman–Crippen LogP) is 1.85. The number of hydrogen-bond acceptors (Lipinski definition) is 5. The second-order valence-corrected chi connectivity index (χ2v) is 8.61. The molecule has 2 amide bonds. The number of amides is 2. The Morgan fingerprint density at radius 2 is 2.00 bits per heavy atom. The highest BCUT2D eigenvalue weighted by Gasteiger charge is 2.44. The molecular formula is C19H24N2O5S. The normalized spacial score (nSPS) is 22.8. The Hall–Kier alpha value is -1.93. The molecule has 27 heavy (non-hydrogen) atoms. The summed E-state index contributed by atoms with van der Waals surface area (Å²) in [6.07, 6.45) is 3.40. The molecule has 1 atom stereocenters. The van der Waals surface area contributed by atoms with Gasteiger partial charge in [0.2, 0.25) is 11.8 Å². The van der Waals surface area contributed by atoms with Crippen LogP contribution in [-0.4, -0.2) is 65.0 Å². The maximum Gasteiger partial charge on any atom is 0.345 e. The highest BCUT2D eigenvalue weighted by atomic mass is 32.1. The molecule has 1 aromatic rings. The highest BCUT2D eigenvalue weighted by molar-refractivity contribution is 7.14. The van der Waals surface area contributed by atoms with Crippen molar-refractivity contribution in [1.29, 1.82) is 0 Å². The quantitative estimate of drug-likeness (QED) is 0.848. The average molecular weight is 392 g/mol. The van der Waals surface area contributed by atoms with Crippen molar-refractivity contribution >= 4 is 29.1 Å². The molecule has 146 valence electrons. The Balaban J connectivity index is 1.47. The zero-order chi connectivity index (χ0) is 19.2. The smallest absolute Gasteiger partial charge is 0.345 e. The number of carboxylic acids is 1. The molecule has 4 heterocycles. The van der Waals surface area contributed by atoms with Crippen LogP contribution in [0.2, 0.25) is 0 Å². The Bertz CT molecular complexity index is 781. The van der Waals surface area contributed by atoms with Gasteiger partial charge in [0.1, 0.15) is 16.5 Å². The van der Waals surface area contributed by atoms with Gasteiger partial charge in [0.15, 0.2) is 0 Å². The number of nitrogens with zero attached hydrogens (tertiary/aromatic N) is 2. The third kappa shape index (κ3) is 3.14. The largest absolute Gasteiger partial charge is 0.477 e. The molecule has 0 radical (unpaired) electrons. The van der Waals surface area contributed by atoms with Gasteiger partial charge in [-0.25, -0.2) is 4.79 Å². The molecule has 1 spiro atoms. The standard InChI is InChI=1S/C19H24N2O5S/c1-12(21-7-2-3-15(21)22)17(23)20-8-5-19(6-9-20)16-13(4-10-26-19)11-14(27-16)18(24)25/h11-12H,2-10H2,1H3,(H,24,25). The lowest BCUT2D eigenvalue weighted by molar-refractivity contribution is -0.149. The minimum Gasteiger partial charge on any atom is -0.477 e. The number of likely N-dealkylation sites (tertiary alicyclic amines) is 2. The molecule has 8 heteroatoms. The van der Waals surface area contributed by atoms with Crippen LogP contribution in [0.25, 0.3) is 0 Å². The minimum absolute atomic E-state index is 0.00598. The molecule has 4 rings (SSSR count). The molecule has 3 aliphatic heterocycles. The lowest BCUT2D eigenvalue weighted by Gasteiger charge is -2.44. The molecule has 2 fully saturated rings. The van der Waals surface area contributed by atoms with E-state index in [4.69, 9.17) is 4.74 Å². The predicted molar refractivity (Wildman–Crippen MR) is 98.8 cm³/mol. The van der Waals surface area contributed by atoms with Crippen molar-refractivity contribution in [3.63, 3.8) is 0 Å². The van der Waals surface area contributed by atoms with Gasteiger partial charge < -0.3 is 19.6 Å². The second kappa shape index (κ2) is 6.91. The number of ether oxygens (including phenoxy) is 1. The fourth-order valence-electron chi connectivity index (χ4n) is 4.46. The number of aromatic carboxylic acids is 1. The Kier molecular flexibility index (Phi) is 4.71. The lowest BCUT2D eigenvalue weighted by atomic mass is 9.85. The number of carbonyl (C=O) groups excluding carboxylic acids is 2.